The highest BCUT2D eigenvalue weighted by atomic mass is 35.5. The molecule has 13 heteroatoms. The zero-order chi connectivity index (χ0) is 26.6. The first-order valence-electron chi connectivity index (χ1n) is 10.7. The summed E-state index contributed by atoms with van der Waals surface area (Å²) in [7, 11) is -4.49. The average Bonchev–Trinajstić information content (AvgIpc) is 2.87. The number of nitrogens with one attached hydrogen (secondary N) is 1. The van der Waals surface area contributed by atoms with Crippen LogP contribution in [0, 0.1) is 0 Å². The highest BCUT2D eigenvalue weighted by Crippen LogP contribution is 2.37. The van der Waals surface area contributed by atoms with E-state index in [1.54, 1.807) is 24.3 Å². The maximum absolute atomic E-state index is 13.4. The Kier molecular flexibility index (Phi) is 7.60. The average molecular weight is 554 g/mol. The normalized spacial score (nSPS) is 13.4. The summed E-state index contributed by atoms with van der Waals surface area (Å²) in [4.78, 5) is 12.5. The highest BCUT2D eigenvalue weighted by Gasteiger charge is 2.34. The van der Waals surface area contributed by atoms with E-state index in [1.807, 2.05) is 0 Å². The SMILES string of the molecule is O=C(CN(c1cc(C(F)(F)F)ccc1Cl)S(=O)(=O)c1ccccc1)N/N=C\c1cccc2c1OCCO2. The minimum absolute atomic E-state index is 0.243. The summed E-state index contributed by atoms with van der Waals surface area (Å²) in [5, 5.41) is 3.54. The van der Waals surface area contributed by atoms with Crippen molar-refractivity contribution >= 4 is 39.4 Å². The van der Waals surface area contributed by atoms with Crippen molar-refractivity contribution in [2.45, 2.75) is 11.1 Å². The fourth-order valence-corrected chi connectivity index (χ4v) is 5.16. The number of halogens is 4. The molecule has 0 radical (unpaired) electrons. The minimum atomic E-state index is -4.77. The van der Waals surface area contributed by atoms with Gasteiger partial charge < -0.3 is 9.47 Å². The van der Waals surface area contributed by atoms with E-state index in [9.17, 15) is 26.4 Å². The molecule has 3 aromatic carbocycles. The molecule has 194 valence electrons. The van der Waals surface area contributed by atoms with Gasteiger partial charge in [-0.3, -0.25) is 9.10 Å². The number of carbonyl (C=O) groups excluding carboxylic acids is 1. The van der Waals surface area contributed by atoms with Crippen molar-refractivity contribution in [2.75, 3.05) is 24.1 Å². The number of amides is 1. The lowest BCUT2D eigenvalue weighted by atomic mass is 10.2. The molecule has 3 aromatic rings. The number of para-hydroxylation sites is 1. The summed E-state index contributed by atoms with van der Waals surface area (Å²) in [5.74, 6) is 0.00262. The smallest absolute Gasteiger partial charge is 0.416 e. The van der Waals surface area contributed by atoms with E-state index in [0.29, 0.717) is 40.6 Å². The summed E-state index contributed by atoms with van der Waals surface area (Å²) in [6.45, 7) is -0.190. The maximum Gasteiger partial charge on any atom is 0.416 e. The van der Waals surface area contributed by atoms with E-state index in [1.165, 1.54) is 30.5 Å². The zero-order valence-corrected chi connectivity index (χ0v) is 20.5. The van der Waals surface area contributed by atoms with E-state index >= 15 is 0 Å². The second kappa shape index (κ2) is 10.7. The maximum atomic E-state index is 13.4. The first kappa shape index (κ1) is 26.3. The van der Waals surface area contributed by atoms with Crippen molar-refractivity contribution in [2.24, 2.45) is 5.10 Å². The van der Waals surface area contributed by atoms with Crippen molar-refractivity contribution in [3.63, 3.8) is 0 Å². The molecule has 0 saturated heterocycles. The monoisotopic (exact) mass is 553 g/mol. The molecular weight excluding hydrogens is 535 g/mol. The van der Waals surface area contributed by atoms with Crippen LogP contribution in [0.4, 0.5) is 18.9 Å². The van der Waals surface area contributed by atoms with Crippen LogP contribution in [-0.4, -0.2) is 40.3 Å². The predicted octanol–water partition coefficient (Wildman–Crippen LogP) is 4.48. The molecule has 0 saturated carbocycles. The van der Waals surface area contributed by atoms with Crippen LogP contribution in [0.1, 0.15) is 11.1 Å². The van der Waals surface area contributed by atoms with Crippen LogP contribution >= 0.6 is 11.6 Å². The van der Waals surface area contributed by atoms with E-state index in [0.717, 1.165) is 12.1 Å². The molecule has 4 rings (SSSR count). The lowest BCUT2D eigenvalue weighted by Crippen LogP contribution is -2.40. The van der Waals surface area contributed by atoms with Gasteiger partial charge in [-0.1, -0.05) is 35.9 Å². The van der Waals surface area contributed by atoms with E-state index in [-0.39, 0.29) is 9.92 Å². The van der Waals surface area contributed by atoms with Gasteiger partial charge in [-0.15, -0.1) is 0 Å². The third-order valence-electron chi connectivity index (χ3n) is 5.15. The summed E-state index contributed by atoms with van der Waals surface area (Å²) in [6.07, 6.45) is -3.49. The van der Waals surface area contributed by atoms with Crippen LogP contribution in [0.15, 0.2) is 76.7 Å². The minimum Gasteiger partial charge on any atom is -0.486 e. The van der Waals surface area contributed by atoms with Gasteiger partial charge in [-0.2, -0.15) is 18.3 Å². The molecule has 37 heavy (non-hydrogen) atoms. The number of alkyl halides is 3. The molecular formula is C24H19ClF3N3O5S. The number of ether oxygens (including phenoxy) is 2. The van der Waals surface area contributed by atoms with Crippen LogP contribution < -0.4 is 19.2 Å². The van der Waals surface area contributed by atoms with E-state index in [2.05, 4.69) is 10.5 Å². The molecule has 0 spiro atoms. The summed E-state index contributed by atoms with van der Waals surface area (Å²) >= 11 is 6.11. The van der Waals surface area contributed by atoms with Crippen LogP contribution in [0.5, 0.6) is 11.5 Å². The van der Waals surface area contributed by atoms with Gasteiger partial charge in [0.1, 0.15) is 19.8 Å². The van der Waals surface area contributed by atoms with Crippen LogP contribution in [0.25, 0.3) is 0 Å². The topological polar surface area (TPSA) is 97.3 Å². The number of rotatable bonds is 7. The molecule has 1 heterocycles. The van der Waals surface area contributed by atoms with Gasteiger partial charge in [-0.25, -0.2) is 13.8 Å². The summed E-state index contributed by atoms with van der Waals surface area (Å²) < 4.78 is 78.4. The second-order valence-corrected chi connectivity index (χ2v) is 9.92. The lowest BCUT2D eigenvalue weighted by molar-refractivity contribution is -0.137. The van der Waals surface area contributed by atoms with Gasteiger partial charge >= 0.3 is 6.18 Å². The molecule has 8 nitrogen and oxygen atoms in total. The van der Waals surface area contributed by atoms with Crippen molar-refractivity contribution in [3.8, 4) is 11.5 Å². The molecule has 0 unspecified atom stereocenters. The third-order valence-corrected chi connectivity index (χ3v) is 7.24. The third kappa shape index (κ3) is 5.97. The van der Waals surface area contributed by atoms with Crippen LogP contribution in [-0.2, 0) is 21.0 Å². The van der Waals surface area contributed by atoms with Crippen molar-refractivity contribution in [1.82, 2.24) is 5.43 Å². The molecule has 0 bridgehead atoms. The number of benzene rings is 3. The second-order valence-electron chi connectivity index (χ2n) is 7.65. The molecule has 0 atom stereocenters. The predicted molar refractivity (Wildman–Crippen MR) is 131 cm³/mol. The first-order valence-corrected chi connectivity index (χ1v) is 12.5. The molecule has 1 N–H and O–H groups in total. The van der Waals surface area contributed by atoms with Gasteiger partial charge in [0.2, 0.25) is 0 Å². The Morgan fingerprint density at radius 1 is 1.05 bits per heavy atom. The summed E-state index contributed by atoms with van der Waals surface area (Å²) in [5.41, 5.74) is 1.04. The van der Waals surface area contributed by atoms with Gasteiger partial charge in [0, 0.05) is 5.56 Å². The number of sulfonamides is 1. The molecule has 1 aliphatic heterocycles. The number of hydrazone groups is 1. The van der Waals surface area contributed by atoms with Gasteiger partial charge in [-0.05, 0) is 42.5 Å². The standard InChI is InChI=1S/C24H19ClF3N3O5S/c25-19-10-9-17(24(26,27)28)13-20(19)31(37(33,34)18-6-2-1-3-7-18)15-22(32)30-29-14-16-5-4-8-21-23(16)36-12-11-35-21/h1-10,13-14H,11-12,15H2,(H,30,32)/b29-14-. The lowest BCUT2D eigenvalue weighted by Gasteiger charge is -2.25. The number of carbonyl (C=O) groups is 1. The number of nitrogens with zero attached hydrogens (tertiary/aromatic N) is 2. The Labute approximate surface area is 215 Å². The molecule has 0 fully saturated rings. The Morgan fingerprint density at radius 3 is 2.51 bits per heavy atom. The molecule has 0 aliphatic carbocycles. The van der Waals surface area contributed by atoms with E-state index < -0.39 is 39.9 Å². The van der Waals surface area contributed by atoms with Crippen molar-refractivity contribution in [1.29, 1.82) is 0 Å². The molecule has 1 aliphatic rings. The van der Waals surface area contributed by atoms with Gasteiger partial charge in [0.25, 0.3) is 15.9 Å². The largest absolute Gasteiger partial charge is 0.486 e. The number of fused-ring (bicyclic) bond motifs is 1. The van der Waals surface area contributed by atoms with Crippen LogP contribution in [0.3, 0.4) is 0 Å². The zero-order valence-electron chi connectivity index (χ0n) is 18.9. The number of anilines is 1. The fraction of sp³-hybridized carbons (Fsp3) is 0.167. The first-order chi connectivity index (χ1) is 17.6. The highest BCUT2D eigenvalue weighted by molar-refractivity contribution is 7.92. The van der Waals surface area contributed by atoms with Gasteiger partial charge in [0.15, 0.2) is 11.5 Å². The number of hydrogen-bond donors (Lipinski definition) is 1. The number of hydrogen-bond acceptors (Lipinski definition) is 6. The fourth-order valence-electron chi connectivity index (χ4n) is 3.44. The molecule has 1 amide bonds. The van der Waals surface area contributed by atoms with Gasteiger partial charge in [0.05, 0.1) is 27.4 Å². The van der Waals surface area contributed by atoms with E-state index in [4.69, 9.17) is 21.1 Å². The summed E-state index contributed by atoms with van der Waals surface area (Å²) in [6, 6.07) is 14.2. The Bertz CT molecular complexity index is 1430. The van der Waals surface area contributed by atoms with Crippen molar-refractivity contribution < 1.29 is 35.9 Å². The van der Waals surface area contributed by atoms with Crippen molar-refractivity contribution in [3.05, 3.63) is 82.9 Å². The molecule has 0 aromatic heterocycles. The Balaban J connectivity index is 1.63. The quantitative estimate of drug-likeness (QED) is 0.344. The Hall–Kier alpha value is -3.77. The Morgan fingerprint density at radius 2 is 1.78 bits per heavy atom. The van der Waals surface area contributed by atoms with Crippen LogP contribution in [0.2, 0.25) is 5.02 Å².